The minimum absolute atomic E-state index is 0.738. The van der Waals surface area contributed by atoms with E-state index in [4.69, 9.17) is 0 Å². The van der Waals surface area contributed by atoms with Crippen LogP contribution in [0.1, 0.15) is 89.5 Å². The number of unbranched alkanes of at least 4 members (excludes halogenated alkanes) is 6. The minimum Gasteiger partial charge on any atom is -0.0654 e. The molecule has 0 saturated heterocycles. The Morgan fingerprint density at radius 3 is 2.21 bits per heavy atom. The number of hydrogen-bond donors (Lipinski definition) is 0. The Kier molecular flexibility index (Phi) is 9.49. The molecule has 0 saturated carbocycles. The van der Waals surface area contributed by atoms with Gasteiger partial charge in [-0.2, -0.15) is 0 Å². The summed E-state index contributed by atoms with van der Waals surface area (Å²) in [6.45, 7) is 4.58. The number of rotatable bonds is 11. The molecule has 0 heteroatoms. The van der Waals surface area contributed by atoms with Gasteiger partial charge in [-0.05, 0) is 30.4 Å². The first kappa shape index (κ1) is 16.3. The normalized spacial score (nSPS) is 12.5. The van der Waals surface area contributed by atoms with E-state index in [2.05, 4.69) is 44.2 Å². The Morgan fingerprint density at radius 2 is 1.58 bits per heavy atom. The molecule has 0 fully saturated rings. The van der Waals surface area contributed by atoms with Crippen LogP contribution in [0.4, 0.5) is 0 Å². The molecule has 0 heterocycles. The highest BCUT2D eigenvalue weighted by atomic mass is 14.1. The maximum atomic E-state index is 3.42. The first-order valence-electron chi connectivity index (χ1n) is 8.35. The number of benzene rings is 1. The van der Waals surface area contributed by atoms with E-state index in [9.17, 15) is 0 Å². The van der Waals surface area contributed by atoms with E-state index in [-0.39, 0.29) is 0 Å². The average molecular weight is 259 g/mol. The molecule has 1 radical (unpaired) electrons. The van der Waals surface area contributed by atoms with Crippen LogP contribution in [0.2, 0.25) is 0 Å². The van der Waals surface area contributed by atoms with Crippen LogP contribution in [0.3, 0.4) is 0 Å². The fraction of sp³-hybridized carbons (Fsp3) is 0.684. The Hall–Kier alpha value is -0.780. The smallest absolute Gasteiger partial charge is 0.0146 e. The fourth-order valence-corrected chi connectivity index (χ4v) is 2.81. The highest BCUT2D eigenvalue weighted by Crippen LogP contribution is 2.26. The predicted molar refractivity (Wildman–Crippen MR) is 85.5 cm³/mol. The third-order valence-electron chi connectivity index (χ3n) is 3.97. The van der Waals surface area contributed by atoms with Crippen molar-refractivity contribution in [3.05, 3.63) is 35.9 Å². The second-order valence-corrected chi connectivity index (χ2v) is 5.71. The van der Waals surface area contributed by atoms with Gasteiger partial charge in [0.25, 0.3) is 0 Å². The third-order valence-corrected chi connectivity index (χ3v) is 3.97. The lowest BCUT2D eigenvalue weighted by Crippen LogP contribution is -1.99. The number of hydrogen-bond acceptors (Lipinski definition) is 0. The molecule has 0 spiro atoms. The van der Waals surface area contributed by atoms with Gasteiger partial charge in [-0.15, -0.1) is 0 Å². The fourth-order valence-electron chi connectivity index (χ4n) is 2.81. The largest absolute Gasteiger partial charge is 0.0654 e. The lowest BCUT2D eigenvalue weighted by atomic mass is 9.89. The van der Waals surface area contributed by atoms with E-state index in [1.165, 1.54) is 69.8 Å². The molecule has 0 aliphatic carbocycles. The molecule has 0 aromatic heterocycles. The van der Waals surface area contributed by atoms with Crippen LogP contribution in [0, 0.1) is 6.07 Å². The lowest BCUT2D eigenvalue weighted by Gasteiger charge is -2.16. The van der Waals surface area contributed by atoms with Gasteiger partial charge in [0.05, 0.1) is 0 Å². The quantitative estimate of drug-likeness (QED) is 0.397. The summed E-state index contributed by atoms with van der Waals surface area (Å²) in [6.07, 6.45) is 13.8. The molecule has 1 aromatic carbocycles. The Bertz CT molecular complexity index is 288. The summed E-state index contributed by atoms with van der Waals surface area (Å²) in [5, 5.41) is 0. The second kappa shape index (κ2) is 11.1. The second-order valence-electron chi connectivity index (χ2n) is 5.71. The molecule has 0 amide bonds. The summed E-state index contributed by atoms with van der Waals surface area (Å²) in [6, 6.07) is 12.0. The first-order valence-corrected chi connectivity index (χ1v) is 8.35. The van der Waals surface area contributed by atoms with Crippen molar-refractivity contribution in [3.63, 3.8) is 0 Å². The van der Waals surface area contributed by atoms with Crippen molar-refractivity contribution in [1.82, 2.24) is 0 Å². The van der Waals surface area contributed by atoms with Gasteiger partial charge in [0.1, 0.15) is 0 Å². The predicted octanol–water partition coefficient (Wildman–Crippen LogP) is 6.51. The van der Waals surface area contributed by atoms with Crippen molar-refractivity contribution in [1.29, 1.82) is 0 Å². The molecule has 19 heavy (non-hydrogen) atoms. The molecule has 0 bridgehead atoms. The monoisotopic (exact) mass is 259 g/mol. The van der Waals surface area contributed by atoms with E-state index in [1.807, 2.05) is 0 Å². The summed E-state index contributed by atoms with van der Waals surface area (Å²) < 4.78 is 0. The maximum absolute atomic E-state index is 3.42. The highest BCUT2D eigenvalue weighted by Gasteiger charge is 2.09. The van der Waals surface area contributed by atoms with Gasteiger partial charge < -0.3 is 0 Å². The molecular formula is C19H31. The van der Waals surface area contributed by atoms with Crippen LogP contribution in [0.5, 0.6) is 0 Å². The van der Waals surface area contributed by atoms with Crippen LogP contribution >= 0.6 is 0 Å². The topological polar surface area (TPSA) is 0 Å². The van der Waals surface area contributed by atoms with Crippen molar-refractivity contribution < 1.29 is 0 Å². The van der Waals surface area contributed by atoms with Crippen molar-refractivity contribution in [3.8, 4) is 0 Å². The zero-order valence-electron chi connectivity index (χ0n) is 13.0. The summed E-state index contributed by atoms with van der Waals surface area (Å²) in [7, 11) is 0. The van der Waals surface area contributed by atoms with Crippen LogP contribution in [0.25, 0.3) is 0 Å². The average Bonchev–Trinajstić information content (AvgIpc) is 2.46. The zero-order chi connectivity index (χ0) is 13.8. The van der Waals surface area contributed by atoms with E-state index in [0.29, 0.717) is 0 Å². The molecule has 0 nitrogen and oxygen atoms in total. The van der Waals surface area contributed by atoms with Crippen LogP contribution in [-0.2, 0) is 0 Å². The van der Waals surface area contributed by atoms with Gasteiger partial charge >= 0.3 is 0 Å². The van der Waals surface area contributed by atoms with Gasteiger partial charge in [-0.1, -0.05) is 89.5 Å². The summed E-state index contributed by atoms with van der Waals surface area (Å²) >= 11 is 0. The Morgan fingerprint density at radius 1 is 0.842 bits per heavy atom. The molecule has 0 aliphatic rings. The van der Waals surface area contributed by atoms with E-state index < -0.39 is 0 Å². The zero-order valence-corrected chi connectivity index (χ0v) is 13.0. The van der Waals surface area contributed by atoms with Crippen LogP contribution in [-0.4, -0.2) is 0 Å². The maximum Gasteiger partial charge on any atom is -0.0146 e. The van der Waals surface area contributed by atoms with Crippen molar-refractivity contribution in [2.75, 3.05) is 0 Å². The van der Waals surface area contributed by atoms with Gasteiger partial charge in [-0.25, -0.2) is 0 Å². The molecular weight excluding hydrogens is 228 g/mol. The van der Waals surface area contributed by atoms with Crippen LogP contribution in [0.15, 0.2) is 24.3 Å². The van der Waals surface area contributed by atoms with Crippen molar-refractivity contribution in [2.45, 2.75) is 84.0 Å². The van der Waals surface area contributed by atoms with E-state index >= 15 is 0 Å². The van der Waals surface area contributed by atoms with Crippen molar-refractivity contribution in [2.24, 2.45) is 0 Å². The van der Waals surface area contributed by atoms with E-state index in [0.717, 1.165) is 5.92 Å². The molecule has 1 rings (SSSR count). The SMILES string of the molecule is CCCCCCCCCC(CCC)c1[c]cccc1. The van der Waals surface area contributed by atoms with E-state index in [1.54, 1.807) is 0 Å². The molecule has 0 N–H and O–H groups in total. The van der Waals surface area contributed by atoms with Gasteiger partial charge in [-0.3, -0.25) is 0 Å². The van der Waals surface area contributed by atoms with Crippen molar-refractivity contribution >= 4 is 0 Å². The van der Waals surface area contributed by atoms with Gasteiger partial charge in [0.2, 0.25) is 0 Å². The summed E-state index contributed by atoms with van der Waals surface area (Å²) in [5.41, 5.74) is 1.43. The Balaban J connectivity index is 2.20. The van der Waals surface area contributed by atoms with Gasteiger partial charge in [0, 0.05) is 0 Å². The third kappa shape index (κ3) is 7.40. The lowest BCUT2D eigenvalue weighted by molar-refractivity contribution is 0.509. The van der Waals surface area contributed by atoms with Crippen LogP contribution < -0.4 is 0 Å². The Labute approximate surface area is 120 Å². The molecule has 1 unspecified atom stereocenters. The standard InChI is InChI=1S/C19H31/c1-3-5-6-7-8-9-11-15-18(14-4-2)19-16-12-10-13-17-19/h10,12-13,16,18H,3-9,11,14-15H2,1-2H3. The van der Waals surface area contributed by atoms with Gasteiger partial charge in [0.15, 0.2) is 0 Å². The highest BCUT2D eigenvalue weighted by molar-refractivity contribution is 5.17. The minimum atomic E-state index is 0.738. The molecule has 1 atom stereocenters. The summed E-state index contributed by atoms with van der Waals surface area (Å²) in [4.78, 5) is 0. The molecule has 1 aromatic rings. The summed E-state index contributed by atoms with van der Waals surface area (Å²) in [5.74, 6) is 0.738. The first-order chi connectivity index (χ1) is 9.38. The molecule has 0 aliphatic heterocycles. The molecule has 107 valence electrons.